The largest absolute Gasteiger partial charge is 0.493 e. The van der Waals surface area contributed by atoms with Crippen LogP contribution in [0.5, 0.6) is 5.75 Å². The number of nitrogens with one attached hydrogen (secondary N) is 1. The highest BCUT2D eigenvalue weighted by atomic mass is 16.5. The second kappa shape index (κ2) is 7.68. The van der Waals surface area contributed by atoms with E-state index in [2.05, 4.69) is 48.6 Å². The molecule has 2 aromatic carbocycles. The molecule has 0 amide bonds. The molecule has 0 saturated heterocycles. The highest BCUT2D eigenvalue weighted by Gasteiger charge is 2.03. The van der Waals surface area contributed by atoms with E-state index in [9.17, 15) is 0 Å². The summed E-state index contributed by atoms with van der Waals surface area (Å²) in [6, 6.07) is 18.6. The molecule has 124 valence electrons. The normalized spacial score (nSPS) is 10.8. The zero-order valence-electron chi connectivity index (χ0n) is 14.0. The maximum Gasteiger partial charge on any atom is 0.166 e. The number of hydrogen-bond donors (Lipinski definition) is 1. The topological polar surface area (TPSA) is 47.3 Å². The zero-order chi connectivity index (χ0) is 16.8. The minimum Gasteiger partial charge on any atom is -0.493 e. The van der Waals surface area contributed by atoms with Gasteiger partial charge in [-0.2, -0.15) is 0 Å². The number of anilines is 1. The predicted molar refractivity (Wildman–Crippen MR) is 96.3 cm³/mol. The summed E-state index contributed by atoms with van der Waals surface area (Å²) in [4.78, 5) is 0. The number of benzene rings is 2. The van der Waals surface area contributed by atoms with E-state index in [0.717, 1.165) is 29.2 Å². The standard InChI is InChI=1S/C20H22N2O2/c1-15(2)22-18-5-3-4-16(14-18)11-13-23-19-8-6-17(7-9-19)20-10-12-21-24-20/h3-10,12,14-15,22H,11,13H2,1-2H3. The fourth-order valence-electron chi connectivity index (χ4n) is 2.52. The van der Waals surface area contributed by atoms with Crippen molar-refractivity contribution in [3.05, 3.63) is 66.4 Å². The molecule has 24 heavy (non-hydrogen) atoms. The quantitative estimate of drug-likeness (QED) is 0.680. The lowest BCUT2D eigenvalue weighted by molar-refractivity contribution is 0.322. The van der Waals surface area contributed by atoms with Gasteiger partial charge in [0.15, 0.2) is 5.76 Å². The number of nitrogens with zero attached hydrogens (tertiary/aromatic N) is 1. The summed E-state index contributed by atoms with van der Waals surface area (Å²) in [5, 5.41) is 7.14. The fraction of sp³-hybridized carbons (Fsp3) is 0.250. The Kier molecular flexibility index (Phi) is 5.16. The molecule has 0 unspecified atom stereocenters. The summed E-state index contributed by atoms with van der Waals surface area (Å²) in [6.45, 7) is 4.92. The predicted octanol–water partition coefficient (Wildman–Crippen LogP) is 4.78. The Morgan fingerprint density at radius 3 is 2.62 bits per heavy atom. The van der Waals surface area contributed by atoms with Crippen LogP contribution in [0, 0.1) is 0 Å². The summed E-state index contributed by atoms with van der Waals surface area (Å²) in [6.07, 6.45) is 2.51. The molecular weight excluding hydrogens is 300 g/mol. The third kappa shape index (κ3) is 4.38. The van der Waals surface area contributed by atoms with Gasteiger partial charge in [-0.3, -0.25) is 0 Å². The van der Waals surface area contributed by atoms with Crippen LogP contribution >= 0.6 is 0 Å². The van der Waals surface area contributed by atoms with Crippen LogP contribution in [-0.4, -0.2) is 17.8 Å². The summed E-state index contributed by atoms with van der Waals surface area (Å²) in [5.74, 6) is 1.62. The molecule has 0 saturated carbocycles. The van der Waals surface area contributed by atoms with Gasteiger partial charge in [-0.1, -0.05) is 17.3 Å². The van der Waals surface area contributed by atoms with Gasteiger partial charge in [-0.25, -0.2) is 0 Å². The molecule has 3 rings (SSSR count). The summed E-state index contributed by atoms with van der Waals surface area (Å²) in [7, 11) is 0. The summed E-state index contributed by atoms with van der Waals surface area (Å²) >= 11 is 0. The molecule has 0 radical (unpaired) electrons. The van der Waals surface area contributed by atoms with Crippen LogP contribution in [0.4, 0.5) is 5.69 Å². The van der Waals surface area contributed by atoms with Crippen molar-refractivity contribution in [3.8, 4) is 17.1 Å². The summed E-state index contributed by atoms with van der Waals surface area (Å²) in [5.41, 5.74) is 3.41. The van der Waals surface area contributed by atoms with Crippen molar-refractivity contribution in [2.24, 2.45) is 0 Å². The first-order chi connectivity index (χ1) is 11.7. The van der Waals surface area contributed by atoms with Gasteiger partial charge in [-0.15, -0.1) is 0 Å². The lowest BCUT2D eigenvalue weighted by Gasteiger charge is -2.11. The monoisotopic (exact) mass is 322 g/mol. The maximum absolute atomic E-state index is 5.84. The van der Waals surface area contributed by atoms with Crippen LogP contribution in [0.1, 0.15) is 19.4 Å². The van der Waals surface area contributed by atoms with Crippen LogP contribution in [-0.2, 0) is 6.42 Å². The Hall–Kier alpha value is -2.75. The Balaban J connectivity index is 1.53. The number of hydrogen-bond acceptors (Lipinski definition) is 4. The Labute approximate surface area is 142 Å². The second-order valence-corrected chi connectivity index (χ2v) is 6.00. The molecule has 0 bridgehead atoms. The van der Waals surface area contributed by atoms with E-state index in [-0.39, 0.29) is 0 Å². The smallest absolute Gasteiger partial charge is 0.166 e. The zero-order valence-corrected chi connectivity index (χ0v) is 14.0. The maximum atomic E-state index is 5.84. The number of ether oxygens (including phenoxy) is 1. The lowest BCUT2D eigenvalue weighted by Crippen LogP contribution is -2.10. The second-order valence-electron chi connectivity index (χ2n) is 6.00. The van der Waals surface area contributed by atoms with Gasteiger partial charge >= 0.3 is 0 Å². The van der Waals surface area contributed by atoms with Crippen molar-refractivity contribution in [2.75, 3.05) is 11.9 Å². The molecular formula is C20H22N2O2. The minimum absolute atomic E-state index is 0.430. The van der Waals surface area contributed by atoms with Crippen LogP contribution in [0.3, 0.4) is 0 Å². The van der Waals surface area contributed by atoms with E-state index in [4.69, 9.17) is 9.26 Å². The highest BCUT2D eigenvalue weighted by Crippen LogP contribution is 2.22. The average molecular weight is 322 g/mol. The van der Waals surface area contributed by atoms with Crippen LogP contribution in [0.25, 0.3) is 11.3 Å². The number of aromatic nitrogens is 1. The van der Waals surface area contributed by atoms with Crippen LogP contribution in [0.2, 0.25) is 0 Å². The highest BCUT2D eigenvalue weighted by molar-refractivity contribution is 5.57. The van der Waals surface area contributed by atoms with E-state index < -0.39 is 0 Å². The molecule has 1 heterocycles. The average Bonchev–Trinajstić information content (AvgIpc) is 3.10. The first-order valence-corrected chi connectivity index (χ1v) is 8.20. The first-order valence-electron chi connectivity index (χ1n) is 8.20. The van der Waals surface area contributed by atoms with Gasteiger partial charge in [0.05, 0.1) is 12.8 Å². The third-order valence-electron chi connectivity index (χ3n) is 3.62. The van der Waals surface area contributed by atoms with Crippen molar-refractivity contribution in [3.63, 3.8) is 0 Å². The molecule has 1 aromatic heterocycles. The molecule has 4 heteroatoms. The van der Waals surface area contributed by atoms with E-state index in [1.165, 1.54) is 5.56 Å². The Morgan fingerprint density at radius 1 is 1.08 bits per heavy atom. The van der Waals surface area contributed by atoms with Crippen molar-refractivity contribution >= 4 is 5.69 Å². The van der Waals surface area contributed by atoms with Gasteiger partial charge < -0.3 is 14.6 Å². The molecule has 0 atom stereocenters. The van der Waals surface area contributed by atoms with Gasteiger partial charge in [0.1, 0.15) is 5.75 Å². The molecule has 0 aliphatic heterocycles. The fourth-order valence-corrected chi connectivity index (χ4v) is 2.52. The Morgan fingerprint density at radius 2 is 1.92 bits per heavy atom. The molecule has 4 nitrogen and oxygen atoms in total. The van der Waals surface area contributed by atoms with E-state index in [1.807, 2.05) is 30.3 Å². The van der Waals surface area contributed by atoms with Gasteiger partial charge in [0.25, 0.3) is 0 Å². The van der Waals surface area contributed by atoms with Crippen LogP contribution in [0.15, 0.2) is 65.3 Å². The summed E-state index contributed by atoms with van der Waals surface area (Å²) < 4.78 is 11.0. The van der Waals surface area contributed by atoms with E-state index in [0.29, 0.717) is 12.6 Å². The lowest BCUT2D eigenvalue weighted by atomic mass is 10.1. The van der Waals surface area contributed by atoms with Gasteiger partial charge in [0, 0.05) is 29.8 Å². The SMILES string of the molecule is CC(C)Nc1cccc(CCOc2ccc(-c3ccno3)cc2)c1. The van der Waals surface area contributed by atoms with E-state index >= 15 is 0 Å². The molecule has 0 fully saturated rings. The van der Waals surface area contributed by atoms with Gasteiger partial charge in [-0.05, 0) is 55.8 Å². The minimum atomic E-state index is 0.430. The van der Waals surface area contributed by atoms with Crippen molar-refractivity contribution < 1.29 is 9.26 Å². The molecule has 0 aliphatic carbocycles. The van der Waals surface area contributed by atoms with Crippen molar-refractivity contribution in [2.45, 2.75) is 26.3 Å². The first kappa shape index (κ1) is 16.1. The van der Waals surface area contributed by atoms with Crippen molar-refractivity contribution in [1.29, 1.82) is 0 Å². The van der Waals surface area contributed by atoms with Crippen molar-refractivity contribution in [1.82, 2.24) is 5.16 Å². The van der Waals surface area contributed by atoms with Crippen LogP contribution < -0.4 is 10.1 Å². The molecule has 1 N–H and O–H groups in total. The molecule has 0 spiro atoms. The Bertz CT molecular complexity index is 750. The van der Waals surface area contributed by atoms with Gasteiger partial charge in [0.2, 0.25) is 0 Å². The third-order valence-corrected chi connectivity index (χ3v) is 3.62. The van der Waals surface area contributed by atoms with E-state index in [1.54, 1.807) is 6.20 Å². The number of rotatable bonds is 7. The molecule has 3 aromatic rings. The molecule has 0 aliphatic rings.